The van der Waals surface area contributed by atoms with Gasteiger partial charge in [-0.05, 0) is 36.8 Å². The average molecular weight is 339 g/mol. The van der Waals surface area contributed by atoms with Crippen molar-refractivity contribution in [1.82, 2.24) is 9.55 Å². The summed E-state index contributed by atoms with van der Waals surface area (Å²) in [6.07, 6.45) is 7.85. The van der Waals surface area contributed by atoms with Crippen LogP contribution in [0, 0.1) is 10.1 Å². The smallest absolute Gasteiger partial charge is 0.433 e. The predicted molar refractivity (Wildman–Crippen MR) is 93.1 cm³/mol. The maximum Gasteiger partial charge on any atom is 0.433 e. The molecule has 25 heavy (non-hydrogen) atoms. The van der Waals surface area contributed by atoms with Gasteiger partial charge in [-0.25, -0.2) is 4.98 Å². The third-order valence-electron chi connectivity index (χ3n) is 3.49. The molecule has 7 heteroatoms. The van der Waals surface area contributed by atoms with Gasteiger partial charge in [0.25, 0.3) is 0 Å². The maximum absolute atomic E-state index is 10.6. The van der Waals surface area contributed by atoms with Gasteiger partial charge < -0.3 is 13.7 Å². The molecule has 2 aromatic heterocycles. The van der Waals surface area contributed by atoms with E-state index in [9.17, 15) is 10.1 Å². The van der Waals surface area contributed by atoms with Gasteiger partial charge in [0.1, 0.15) is 22.3 Å². The van der Waals surface area contributed by atoms with Gasteiger partial charge in [-0.3, -0.25) is 10.1 Å². The van der Waals surface area contributed by atoms with Crippen molar-refractivity contribution in [1.29, 1.82) is 0 Å². The molecule has 1 aromatic carbocycles. The van der Waals surface area contributed by atoms with Crippen molar-refractivity contribution in [2.45, 2.75) is 13.0 Å². The first-order chi connectivity index (χ1) is 12.2. The van der Waals surface area contributed by atoms with Crippen LogP contribution < -0.4 is 4.74 Å². The van der Waals surface area contributed by atoms with E-state index in [1.54, 1.807) is 24.4 Å². The molecule has 0 fully saturated rings. The number of hydrogen-bond acceptors (Lipinski definition) is 5. The van der Waals surface area contributed by atoms with Crippen LogP contribution in [0.1, 0.15) is 18.0 Å². The van der Waals surface area contributed by atoms with Crippen LogP contribution in [0.4, 0.5) is 5.88 Å². The highest BCUT2D eigenvalue weighted by Gasteiger charge is 2.10. The highest BCUT2D eigenvalue weighted by atomic mass is 16.6. The summed E-state index contributed by atoms with van der Waals surface area (Å²) < 4.78 is 12.7. The molecule has 3 rings (SSSR count). The third-order valence-corrected chi connectivity index (χ3v) is 3.49. The molecule has 0 unspecified atom stereocenters. The molecule has 0 aliphatic rings. The zero-order valence-corrected chi connectivity index (χ0v) is 13.4. The lowest BCUT2D eigenvalue weighted by atomic mass is 10.3. The molecule has 2 heterocycles. The monoisotopic (exact) mass is 339 g/mol. The summed E-state index contributed by atoms with van der Waals surface area (Å²) in [6.45, 7) is 1.36. The fraction of sp³-hybridized carbons (Fsp3) is 0.167. The summed E-state index contributed by atoms with van der Waals surface area (Å²) in [5, 5.41) is 10.6. The molecule has 0 radical (unpaired) electrons. The van der Waals surface area contributed by atoms with E-state index in [1.165, 1.54) is 6.07 Å². The first-order valence-corrected chi connectivity index (χ1v) is 7.84. The molecule has 0 amide bonds. The summed E-state index contributed by atoms with van der Waals surface area (Å²) in [4.78, 5) is 14.3. The van der Waals surface area contributed by atoms with E-state index < -0.39 is 4.92 Å². The number of benzene rings is 1. The zero-order chi connectivity index (χ0) is 17.5. The normalized spacial score (nSPS) is 11.0. The Hall–Kier alpha value is -3.35. The maximum atomic E-state index is 10.6. The SMILES string of the molecule is O=[N+]([O-])c1ccc(/C=C/c2nccn2CCCOc2ccccc2)o1. The molecule has 0 saturated carbocycles. The molecule has 0 aliphatic heterocycles. The van der Waals surface area contributed by atoms with Crippen LogP contribution >= 0.6 is 0 Å². The summed E-state index contributed by atoms with van der Waals surface area (Å²) in [7, 11) is 0. The number of rotatable bonds is 8. The molecule has 0 N–H and O–H groups in total. The Labute approximate surface area is 144 Å². The van der Waals surface area contributed by atoms with Crippen LogP contribution in [0.5, 0.6) is 5.75 Å². The average Bonchev–Trinajstić information content (AvgIpc) is 3.27. The van der Waals surface area contributed by atoms with E-state index in [2.05, 4.69) is 4.98 Å². The van der Waals surface area contributed by atoms with E-state index in [4.69, 9.17) is 9.15 Å². The van der Waals surface area contributed by atoms with Gasteiger partial charge in [0.05, 0.1) is 12.7 Å². The molecule has 0 spiro atoms. The predicted octanol–water partition coefficient (Wildman–Crippen LogP) is 4.02. The van der Waals surface area contributed by atoms with Crippen molar-refractivity contribution in [2.75, 3.05) is 6.61 Å². The first-order valence-electron chi connectivity index (χ1n) is 7.84. The zero-order valence-electron chi connectivity index (χ0n) is 13.4. The minimum atomic E-state index is -0.564. The lowest BCUT2D eigenvalue weighted by Crippen LogP contribution is -2.05. The Morgan fingerprint density at radius 1 is 1.20 bits per heavy atom. The molecule has 7 nitrogen and oxygen atoms in total. The minimum Gasteiger partial charge on any atom is -0.494 e. The van der Waals surface area contributed by atoms with E-state index in [0.717, 1.165) is 24.5 Å². The van der Waals surface area contributed by atoms with Crippen LogP contribution in [-0.4, -0.2) is 21.1 Å². The summed E-state index contributed by atoms with van der Waals surface area (Å²) in [5.41, 5.74) is 0. The Kier molecular flexibility index (Phi) is 5.26. The largest absolute Gasteiger partial charge is 0.494 e. The first kappa shape index (κ1) is 16.5. The van der Waals surface area contributed by atoms with E-state index in [0.29, 0.717) is 12.4 Å². The van der Waals surface area contributed by atoms with Crippen molar-refractivity contribution < 1.29 is 14.1 Å². The van der Waals surface area contributed by atoms with Gasteiger partial charge in [0, 0.05) is 18.9 Å². The topological polar surface area (TPSA) is 83.3 Å². The van der Waals surface area contributed by atoms with Gasteiger partial charge in [-0.1, -0.05) is 18.2 Å². The van der Waals surface area contributed by atoms with Crippen molar-refractivity contribution >= 4 is 18.0 Å². The highest BCUT2D eigenvalue weighted by Crippen LogP contribution is 2.17. The standard InChI is InChI=1S/C18H17N3O4/c22-21(23)18-10-8-16(25-18)7-9-17-19-11-13-20(17)12-4-14-24-15-5-2-1-3-6-15/h1-3,5-11,13H,4,12,14H2/b9-7+. The Morgan fingerprint density at radius 3 is 2.80 bits per heavy atom. The summed E-state index contributed by atoms with van der Waals surface area (Å²) in [5.74, 6) is 1.74. The fourth-order valence-corrected chi connectivity index (χ4v) is 2.30. The lowest BCUT2D eigenvalue weighted by Gasteiger charge is -2.07. The number of furan rings is 1. The highest BCUT2D eigenvalue weighted by molar-refractivity contribution is 5.64. The Morgan fingerprint density at radius 2 is 2.04 bits per heavy atom. The van der Waals surface area contributed by atoms with Crippen LogP contribution in [-0.2, 0) is 6.54 Å². The third kappa shape index (κ3) is 4.57. The quantitative estimate of drug-likeness (QED) is 0.351. The van der Waals surface area contributed by atoms with E-state index >= 15 is 0 Å². The fourth-order valence-electron chi connectivity index (χ4n) is 2.30. The number of nitro groups is 1. The molecule has 0 bridgehead atoms. The summed E-state index contributed by atoms with van der Waals surface area (Å²) in [6, 6.07) is 12.6. The Balaban J connectivity index is 1.53. The van der Waals surface area contributed by atoms with Crippen LogP contribution in [0.3, 0.4) is 0 Å². The molecule has 3 aromatic rings. The Bertz CT molecular complexity index is 852. The number of nitrogens with zero attached hydrogens (tertiary/aromatic N) is 3. The number of hydrogen-bond donors (Lipinski definition) is 0. The number of ether oxygens (including phenoxy) is 1. The molecule has 128 valence electrons. The molecule has 0 saturated heterocycles. The van der Waals surface area contributed by atoms with Crippen molar-refractivity contribution in [3.63, 3.8) is 0 Å². The van der Waals surface area contributed by atoms with Crippen LogP contribution in [0.2, 0.25) is 0 Å². The lowest BCUT2D eigenvalue weighted by molar-refractivity contribution is -0.402. The number of imidazole rings is 1. The molecular weight excluding hydrogens is 322 g/mol. The van der Waals surface area contributed by atoms with Gasteiger partial charge in [-0.15, -0.1) is 0 Å². The minimum absolute atomic E-state index is 0.277. The number of aromatic nitrogens is 2. The van der Waals surface area contributed by atoms with Gasteiger partial charge >= 0.3 is 5.88 Å². The van der Waals surface area contributed by atoms with Crippen LogP contribution in [0.15, 0.2) is 59.3 Å². The van der Waals surface area contributed by atoms with E-state index in [-0.39, 0.29) is 5.88 Å². The second kappa shape index (κ2) is 7.96. The summed E-state index contributed by atoms with van der Waals surface area (Å²) >= 11 is 0. The second-order valence-electron chi connectivity index (χ2n) is 5.26. The van der Waals surface area contributed by atoms with Crippen molar-refractivity contribution in [3.05, 3.63) is 76.6 Å². The molecule has 0 atom stereocenters. The van der Waals surface area contributed by atoms with Gasteiger partial charge in [0.2, 0.25) is 0 Å². The van der Waals surface area contributed by atoms with E-state index in [1.807, 2.05) is 41.1 Å². The molecule has 0 aliphatic carbocycles. The van der Waals surface area contributed by atoms with Gasteiger partial charge in [0.15, 0.2) is 0 Å². The van der Waals surface area contributed by atoms with Crippen molar-refractivity contribution in [2.24, 2.45) is 0 Å². The van der Waals surface area contributed by atoms with Crippen LogP contribution in [0.25, 0.3) is 12.2 Å². The second-order valence-corrected chi connectivity index (χ2v) is 5.26. The van der Waals surface area contributed by atoms with Gasteiger partial charge in [-0.2, -0.15) is 0 Å². The number of para-hydroxylation sites is 1. The van der Waals surface area contributed by atoms with Crippen molar-refractivity contribution in [3.8, 4) is 5.75 Å². The molecular formula is C18H17N3O4. The number of aryl methyl sites for hydroxylation is 1.